The van der Waals surface area contributed by atoms with E-state index in [2.05, 4.69) is 0 Å². The summed E-state index contributed by atoms with van der Waals surface area (Å²) in [6.07, 6.45) is -1.01. The second-order valence-corrected chi connectivity index (χ2v) is 5.48. The quantitative estimate of drug-likeness (QED) is 0.770. The van der Waals surface area contributed by atoms with Crippen molar-refractivity contribution in [3.8, 4) is 0 Å². The Morgan fingerprint density at radius 3 is 2.40 bits per heavy atom. The first-order chi connectivity index (χ1) is 6.71. The number of hydrogen-bond acceptors (Lipinski definition) is 4. The van der Waals surface area contributed by atoms with Gasteiger partial charge in [-0.1, -0.05) is 0 Å². The van der Waals surface area contributed by atoms with Gasteiger partial charge in [-0.05, 0) is 13.3 Å². The van der Waals surface area contributed by atoms with Crippen molar-refractivity contribution in [3.05, 3.63) is 0 Å². The van der Waals surface area contributed by atoms with Gasteiger partial charge >= 0.3 is 11.2 Å². The number of ether oxygens (including phenoxy) is 1. The van der Waals surface area contributed by atoms with Gasteiger partial charge in [0.05, 0.1) is 11.4 Å². The Bertz CT molecular complexity index is 364. The SMILES string of the molecule is CC1OCCC1S(=O)(=O)C(F)(F)C(=O)O. The molecular formula is C7H10F2O5S. The maximum atomic E-state index is 12.9. The van der Waals surface area contributed by atoms with Gasteiger partial charge < -0.3 is 9.84 Å². The fourth-order valence-corrected chi connectivity index (χ4v) is 3.04. The Balaban J connectivity index is 3.07. The summed E-state index contributed by atoms with van der Waals surface area (Å²) in [5, 5.41) is 1.95. The van der Waals surface area contributed by atoms with Gasteiger partial charge in [-0.15, -0.1) is 0 Å². The zero-order valence-corrected chi connectivity index (χ0v) is 8.63. The number of rotatable bonds is 3. The molecule has 0 amide bonds. The van der Waals surface area contributed by atoms with E-state index in [1.165, 1.54) is 6.92 Å². The van der Waals surface area contributed by atoms with Gasteiger partial charge in [0.25, 0.3) is 0 Å². The van der Waals surface area contributed by atoms with Crippen molar-refractivity contribution in [2.24, 2.45) is 0 Å². The molecule has 0 spiro atoms. The van der Waals surface area contributed by atoms with E-state index < -0.39 is 32.4 Å². The van der Waals surface area contributed by atoms with Crippen LogP contribution in [0.25, 0.3) is 0 Å². The van der Waals surface area contributed by atoms with Gasteiger partial charge in [0.2, 0.25) is 9.84 Å². The molecule has 0 aromatic rings. The summed E-state index contributed by atoms with van der Waals surface area (Å²) in [6.45, 7) is 1.37. The van der Waals surface area contributed by atoms with Crippen LogP contribution in [0.15, 0.2) is 0 Å². The van der Waals surface area contributed by atoms with Crippen LogP contribution in [0.5, 0.6) is 0 Å². The van der Waals surface area contributed by atoms with E-state index >= 15 is 0 Å². The summed E-state index contributed by atoms with van der Waals surface area (Å²) in [5.41, 5.74) is 0. The van der Waals surface area contributed by atoms with Gasteiger partial charge in [-0.3, -0.25) is 0 Å². The Morgan fingerprint density at radius 2 is 2.07 bits per heavy atom. The Kier molecular flexibility index (Phi) is 3.01. The minimum absolute atomic E-state index is 0.0424. The highest BCUT2D eigenvalue weighted by Gasteiger charge is 2.58. The molecule has 1 aliphatic heterocycles. The van der Waals surface area contributed by atoms with Crippen LogP contribution in [0.3, 0.4) is 0 Å². The molecule has 0 saturated carbocycles. The Hall–Kier alpha value is -0.760. The molecule has 0 aromatic carbocycles. The minimum Gasteiger partial charge on any atom is -0.476 e. The first-order valence-corrected chi connectivity index (χ1v) is 5.72. The van der Waals surface area contributed by atoms with Crippen molar-refractivity contribution in [1.29, 1.82) is 0 Å². The van der Waals surface area contributed by atoms with E-state index in [9.17, 15) is 22.0 Å². The van der Waals surface area contributed by atoms with Crippen LogP contribution in [0.2, 0.25) is 0 Å². The number of carboxylic acids is 1. The lowest BCUT2D eigenvalue weighted by atomic mass is 10.3. The highest BCUT2D eigenvalue weighted by Crippen LogP contribution is 2.32. The normalized spacial score (nSPS) is 27.9. The molecule has 0 aliphatic carbocycles. The summed E-state index contributed by atoms with van der Waals surface area (Å²) in [4.78, 5) is 10.2. The Morgan fingerprint density at radius 1 is 1.53 bits per heavy atom. The molecule has 1 heterocycles. The number of aliphatic carboxylic acids is 1. The third-order valence-corrected chi connectivity index (χ3v) is 4.62. The molecule has 1 rings (SSSR count). The van der Waals surface area contributed by atoms with Crippen molar-refractivity contribution in [2.45, 2.75) is 30.0 Å². The average Bonchev–Trinajstić information content (AvgIpc) is 2.51. The van der Waals surface area contributed by atoms with Crippen LogP contribution in [0, 0.1) is 0 Å². The molecule has 1 aliphatic rings. The highest BCUT2D eigenvalue weighted by atomic mass is 32.2. The van der Waals surface area contributed by atoms with E-state index in [0.29, 0.717) is 0 Å². The van der Waals surface area contributed by atoms with E-state index in [1.54, 1.807) is 0 Å². The number of halogens is 2. The smallest absolute Gasteiger partial charge is 0.440 e. The van der Waals surface area contributed by atoms with E-state index in [4.69, 9.17) is 9.84 Å². The number of hydrogen-bond donors (Lipinski definition) is 1. The van der Waals surface area contributed by atoms with Crippen LogP contribution >= 0.6 is 0 Å². The number of sulfone groups is 1. The maximum absolute atomic E-state index is 12.9. The van der Waals surface area contributed by atoms with Gasteiger partial charge in [0.1, 0.15) is 0 Å². The van der Waals surface area contributed by atoms with Crippen molar-refractivity contribution in [3.63, 3.8) is 0 Å². The summed E-state index contributed by atoms with van der Waals surface area (Å²) in [7, 11) is -5.04. The second-order valence-electron chi connectivity index (χ2n) is 3.27. The van der Waals surface area contributed by atoms with Crippen LogP contribution in [-0.4, -0.2) is 42.7 Å². The molecule has 88 valence electrons. The lowest BCUT2D eigenvalue weighted by molar-refractivity contribution is -0.153. The molecule has 0 aromatic heterocycles. The van der Waals surface area contributed by atoms with E-state index in [0.717, 1.165) is 0 Å². The second kappa shape index (κ2) is 3.67. The van der Waals surface area contributed by atoms with Gasteiger partial charge in [-0.2, -0.15) is 8.78 Å². The Labute approximate surface area is 84.9 Å². The monoisotopic (exact) mass is 244 g/mol. The molecule has 1 fully saturated rings. The van der Waals surface area contributed by atoms with Crippen molar-refractivity contribution in [1.82, 2.24) is 0 Å². The molecule has 8 heteroatoms. The fraction of sp³-hybridized carbons (Fsp3) is 0.857. The lowest BCUT2D eigenvalue weighted by Crippen LogP contribution is -2.45. The molecule has 15 heavy (non-hydrogen) atoms. The third-order valence-electron chi connectivity index (χ3n) is 2.31. The van der Waals surface area contributed by atoms with Crippen molar-refractivity contribution < 1.29 is 31.8 Å². The summed E-state index contributed by atoms with van der Waals surface area (Å²) in [6, 6.07) is 0. The van der Waals surface area contributed by atoms with Crippen LogP contribution in [0.1, 0.15) is 13.3 Å². The predicted molar refractivity (Wildman–Crippen MR) is 45.3 cm³/mol. The van der Waals surface area contributed by atoms with Gasteiger partial charge in [0.15, 0.2) is 0 Å². The third kappa shape index (κ3) is 1.83. The molecule has 5 nitrogen and oxygen atoms in total. The van der Waals surface area contributed by atoms with E-state index in [-0.39, 0.29) is 13.0 Å². The molecule has 0 bridgehead atoms. The van der Waals surface area contributed by atoms with Crippen LogP contribution in [0.4, 0.5) is 8.78 Å². The maximum Gasteiger partial charge on any atom is 0.440 e. The number of alkyl halides is 2. The topological polar surface area (TPSA) is 80.7 Å². The molecule has 1 saturated heterocycles. The highest BCUT2D eigenvalue weighted by molar-refractivity contribution is 7.93. The van der Waals surface area contributed by atoms with Crippen molar-refractivity contribution in [2.75, 3.05) is 6.61 Å². The van der Waals surface area contributed by atoms with Crippen molar-refractivity contribution >= 4 is 15.8 Å². The van der Waals surface area contributed by atoms with Crippen LogP contribution in [-0.2, 0) is 19.4 Å². The van der Waals surface area contributed by atoms with Gasteiger partial charge in [0, 0.05) is 6.61 Å². The minimum atomic E-state index is -5.04. The standard InChI is InChI=1S/C7H10F2O5S/c1-4-5(2-3-14-4)15(12,13)7(8,9)6(10)11/h4-5H,2-3H2,1H3,(H,10,11). The first kappa shape index (κ1) is 12.3. The zero-order chi connectivity index (χ0) is 11.9. The lowest BCUT2D eigenvalue weighted by Gasteiger charge is -2.19. The first-order valence-electron chi connectivity index (χ1n) is 4.17. The number of carboxylic acid groups (broad SMARTS) is 1. The number of carbonyl (C=O) groups is 1. The van der Waals surface area contributed by atoms with E-state index in [1.807, 2.05) is 0 Å². The molecule has 2 unspecified atom stereocenters. The molecular weight excluding hydrogens is 234 g/mol. The fourth-order valence-electron chi connectivity index (χ4n) is 1.43. The molecule has 1 N–H and O–H groups in total. The zero-order valence-electron chi connectivity index (χ0n) is 7.81. The van der Waals surface area contributed by atoms with Crippen LogP contribution < -0.4 is 0 Å². The summed E-state index contributed by atoms with van der Waals surface area (Å²) in [5.74, 6) is -2.65. The molecule has 0 radical (unpaired) electrons. The predicted octanol–water partition coefficient (Wildman–Crippen LogP) is 0.256. The largest absolute Gasteiger partial charge is 0.476 e. The summed E-state index contributed by atoms with van der Waals surface area (Å²) >= 11 is 0. The summed E-state index contributed by atoms with van der Waals surface area (Å²) < 4.78 is 53.2. The van der Waals surface area contributed by atoms with Gasteiger partial charge in [-0.25, -0.2) is 13.2 Å². The molecule has 2 atom stereocenters. The average molecular weight is 244 g/mol.